The van der Waals surface area contributed by atoms with Crippen molar-refractivity contribution < 1.29 is 17.9 Å². The third-order valence-corrected chi connectivity index (χ3v) is 6.99. The van der Waals surface area contributed by atoms with Gasteiger partial charge in [-0.2, -0.15) is 0 Å². The maximum Gasteiger partial charge on any atom is 0.241 e. The number of amides is 1. The Balaban J connectivity index is 2.03. The smallest absolute Gasteiger partial charge is 0.241 e. The molecule has 0 aromatic carbocycles. The van der Waals surface area contributed by atoms with Crippen LogP contribution in [0.1, 0.15) is 33.1 Å². The van der Waals surface area contributed by atoms with Gasteiger partial charge in [-0.1, -0.05) is 13.8 Å². The summed E-state index contributed by atoms with van der Waals surface area (Å²) in [4.78, 5) is 12.6. The third kappa shape index (κ3) is 3.46. The molecule has 2 saturated heterocycles. The van der Waals surface area contributed by atoms with E-state index < -0.39 is 14.6 Å². The minimum atomic E-state index is -3.45. The maximum atomic E-state index is 12.6. The molecule has 2 rings (SSSR count). The summed E-state index contributed by atoms with van der Waals surface area (Å²) in [6, 6.07) is 0. The van der Waals surface area contributed by atoms with Crippen LogP contribution in [0.25, 0.3) is 0 Å². The Morgan fingerprint density at radius 2 is 2.00 bits per heavy atom. The van der Waals surface area contributed by atoms with Crippen molar-refractivity contribution in [1.29, 1.82) is 0 Å². The highest BCUT2D eigenvalue weighted by Crippen LogP contribution is 2.29. The summed E-state index contributed by atoms with van der Waals surface area (Å²) >= 11 is 0. The van der Waals surface area contributed by atoms with E-state index in [4.69, 9.17) is 4.74 Å². The van der Waals surface area contributed by atoms with Crippen molar-refractivity contribution in [3.05, 3.63) is 0 Å². The Kier molecular flexibility index (Phi) is 5.50. The first-order chi connectivity index (χ1) is 10.3. The Morgan fingerprint density at radius 1 is 1.36 bits per heavy atom. The summed E-state index contributed by atoms with van der Waals surface area (Å²) in [5.41, 5.74) is 0. The summed E-state index contributed by atoms with van der Waals surface area (Å²) in [6.45, 7) is 6.53. The van der Waals surface area contributed by atoms with Gasteiger partial charge in [0.05, 0.1) is 6.10 Å². The van der Waals surface area contributed by atoms with E-state index in [0.717, 1.165) is 6.42 Å². The molecule has 0 aliphatic carbocycles. The highest BCUT2D eigenvalue weighted by atomic mass is 32.2. The number of carbonyl (C=O) groups is 1. The van der Waals surface area contributed by atoms with Gasteiger partial charge >= 0.3 is 0 Å². The first-order valence-electron chi connectivity index (χ1n) is 8.08. The van der Waals surface area contributed by atoms with E-state index >= 15 is 0 Å². The van der Waals surface area contributed by atoms with Crippen LogP contribution >= 0.6 is 0 Å². The van der Waals surface area contributed by atoms with Gasteiger partial charge in [-0.15, -0.1) is 0 Å². The lowest BCUT2D eigenvalue weighted by Crippen LogP contribution is -2.58. The van der Waals surface area contributed by atoms with Crippen molar-refractivity contribution in [3.63, 3.8) is 0 Å². The Hall–Kier alpha value is -0.660. The summed E-state index contributed by atoms with van der Waals surface area (Å²) in [5.74, 6) is 0.320. The minimum Gasteiger partial charge on any atom is -0.378 e. The Labute approximate surface area is 133 Å². The fourth-order valence-corrected chi connectivity index (χ4v) is 4.95. The second kappa shape index (κ2) is 6.84. The van der Waals surface area contributed by atoms with Crippen LogP contribution in [0, 0.1) is 11.8 Å². The molecule has 0 spiro atoms. The average molecular weight is 332 g/mol. The molecule has 2 fully saturated rings. The van der Waals surface area contributed by atoms with E-state index in [-0.39, 0.29) is 17.9 Å². The van der Waals surface area contributed by atoms with E-state index in [1.165, 1.54) is 6.26 Å². The number of ether oxygens (including phenoxy) is 1. The van der Waals surface area contributed by atoms with Crippen LogP contribution in [0.5, 0.6) is 0 Å². The molecule has 7 heteroatoms. The van der Waals surface area contributed by atoms with E-state index in [2.05, 4.69) is 24.5 Å². The van der Waals surface area contributed by atoms with Crippen molar-refractivity contribution in [2.24, 2.45) is 11.8 Å². The van der Waals surface area contributed by atoms with Crippen LogP contribution in [-0.2, 0) is 19.4 Å². The zero-order valence-electron chi connectivity index (χ0n) is 13.7. The van der Waals surface area contributed by atoms with Crippen LogP contribution in [0.4, 0.5) is 0 Å². The fourth-order valence-electron chi connectivity index (χ4n) is 3.59. The highest BCUT2D eigenvalue weighted by molar-refractivity contribution is 7.92. The number of rotatable bonds is 5. The molecule has 2 aliphatic heterocycles. The molecule has 1 amide bonds. The lowest BCUT2D eigenvalue weighted by molar-refractivity contribution is -0.124. The summed E-state index contributed by atoms with van der Waals surface area (Å²) in [5, 5.41) is 6.02. The zero-order chi connectivity index (χ0) is 16.4. The van der Waals surface area contributed by atoms with Gasteiger partial charge in [-0.05, 0) is 38.3 Å². The highest BCUT2D eigenvalue weighted by Gasteiger charge is 2.48. The molecule has 22 heavy (non-hydrogen) atoms. The van der Waals surface area contributed by atoms with Crippen molar-refractivity contribution in [1.82, 2.24) is 10.6 Å². The molecule has 2 N–H and O–H groups in total. The van der Waals surface area contributed by atoms with Gasteiger partial charge < -0.3 is 15.4 Å². The maximum absolute atomic E-state index is 12.6. The summed E-state index contributed by atoms with van der Waals surface area (Å²) in [6.07, 6.45) is 2.91. The molecule has 128 valence electrons. The number of hydrogen-bond acceptors (Lipinski definition) is 5. The molecule has 6 nitrogen and oxygen atoms in total. The van der Waals surface area contributed by atoms with Gasteiger partial charge in [-0.3, -0.25) is 4.79 Å². The third-order valence-electron chi connectivity index (χ3n) is 4.98. The number of piperidine rings is 1. The number of sulfone groups is 1. The van der Waals surface area contributed by atoms with Crippen LogP contribution in [0.15, 0.2) is 0 Å². The molecule has 0 aromatic rings. The largest absolute Gasteiger partial charge is 0.378 e. The first kappa shape index (κ1) is 17.7. The molecular weight excluding hydrogens is 304 g/mol. The van der Waals surface area contributed by atoms with Crippen molar-refractivity contribution in [2.45, 2.75) is 44.0 Å². The van der Waals surface area contributed by atoms with Gasteiger partial charge in [0.15, 0.2) is 14.6 Å². The number of nitrogens with one attached hydrogen (secondary N) is 2. The van der Waals surface area contributed by atoms with E-state index in [0.29, 0.717) is 45.0 Å². The van der Waals surface area contributed by atoms with Gasteiger partial charge in [0.2, 0.25) is 5.91 Å². The van der Waals surface area contributed by atoms with Gasteiger partial charge in [-0.25, -0.2) is 8.42 Å². The van der Waals surface area contributed by atoms with Crippen molar-refractivity contribution in [3.8, 4) is 0 Å². The second-order valence-electron chi connectivity index (χ2n) is 6.85. The summed E-state index contributed by atoms with van der Waals surface area (Å²) in [7, 11) is -3.45. The molecule has 0 saturated carbocycles. The van der Waals surface area contributed by atoms with Crippen LogP contribution in [-0.4, -0.2) is 57.7 Å². The van der Waals surface area contributed by atoms with Gasteiger partial charge in [0.25, 0.3) is 0 Å². The number of carbonyl (C=O) groups excluding carboxylic acids is 1. The van der Waals surface area contributed by atoms with Crippen molar-refractivity contribution in [2.75, 3.05) is 32.5 Å². The topological polar surface area (TPSA) is 84.5 Å². The molecule has 2 unspecified atom stereocenters. The monoisotopic (exact) mass is 332 g/mol. The Bertz CT molecular complexity index is 498. The van der Waals surface area contributed by atoms with E-state index in [1.54, 1.807) is 0 Å². The average Bonchev–Trinajstić information content (AvgIpc) is 2.93. The normalized spacial score (nSPS) is 28.7. The second-order valence-corrected chi connectivity index (χ2v) is 9.18. The van der Waals surface area contributed by atoms with Crippen LogP contribution < -0.4 is 10.6 Å². The predicted molar refractivity (Wildman–Crippen MR) is 85.4 cm³/mol. The molecule has 0 radical (unpaired) electrons. The number of hydrogen-bond donors (Lipinski definition) is 2. The molecule has 2 aliphatic rings. The van der Waals surface area contributed by atoms with Crippen LogP contribution in [0.3, 0.4) is 0 Å². The lowest BCUT2D eigenvalue weighted by Gasteiger charge is -2.35. The predicted octanol–water partition coefficient (Wildman–Crippen LogP) is 0.331. The molecule has 0 bridgehead atoms. The van der Waals surface area contributed by atoms with Gasteiger partial charge in [0.1, 0.15) is 0 Å². The SMILES string of the molecule is CC(C)C1OCCC1CNC(=O)C1(S(C)(=O)=O)CCNCC1. The quantitative estimate of drug-likeness (QED) is 0.758. The van der Waals surface area contributed by atoms with Crippen molar-refractivity contribution >= 4 is 15.7 Å². The van der Waals surface area contributed by atoms with Gasteiger partial charge in [0, 0.05) is 25.3 Å². The van der Waals surface area contributed by atoms with Crippen LogP contribution in [0.2, 0.25) is 0 Å². The minimum absolute atomic E-state index is 0.141. The first-order valence-corrected chi connectivity index (χ1v) is 9.97. The lowest BCUT2D eigenvalue weighted by atomic mass is 9.92. The zero-order valence-corrected chi connectivity index (χ0v) is 14.5. The molecule has 2 atom stereocenters. The van der Waals surface area contributed by atoms with E-state index in [9.17, 15) is 13.2 Å². The fraction of sp³-hybridized carbons (Fsp3) is 0.933. The molecule has 0 aromatic heterocycles. The Morgan fingerprint density at radius 3 is 2.55 bits per heavy atom. The van der Waals surface area contributed by atoms with E-state index in [1.807, 2.05) is 0 Å². The molecular formula is C15H28N2O4S. The standard InChI is InChI=1S/C15H28N2O4S/c1-11(2)13-12(4-9-21-13)10-17-14(18)15(22(3,19)20)5-7-16-8-6-15/h11-13,16H,4-10H2,1-3H3,(H,17,18). The molecule has 2 heterocycles. The summed E-state index contributed by atoms with van der Waals surface area (Å²) < 4.78 is 28.9.